The Morgan fingerprint density at radius 3 is 2.88 bits per heavy atom. The molecular formula is C20H24N2O3. The van der Waals surface area contributed by atoms with Gasteiger partial charge in [-0.05, 0) is 56.1 Å². The lowest BCUT2D eigenvalue weighted by Crippen LogP contribution is -2.40. The molecule has 1 aromatic carbocycles. The van der Waals surface area contributed by atoms with E-state index in [0.29, 0.717) is 23.1 Å². The fourth-order valence-electron chi connectivity index (χ4n) is 4.65. The molecule has 1 aromatic heterocycles. The van der Waals surface area contributed by atoms with E-state index < -0.39 is 0 Å². The number of nitrogens with one attached hydrogen (secondary N) is 1. The molecule has 25 heavy (non-hydrogen) atoms. The molecule has 0 aliphatic heterocycles. The number of methoxy groups -OCH3 is 1. The van der Waals surface area contributed by atoms with E-state index in [0.717, 1.165) is 17.4 Å². The van der Waals surface area contributed by atoms with Crippen molar-refractivity contribution in [1.29, 1.82) is 0 Å². The third-order valence-electron chi connectivity index (χ3n) is 5.91. The second-order valence-electron chi connectivity index (χ2n) is 7.38. The highest BCUT2D eigenvalue weighted by Crippen LogP contribution is 2.49. The minimum Gasteiger partial charge on any atom is -0.496 e. The van der Waals surface area contributed by atoms with Crippen molar-refractivity contribution in [2.75, 3.05) is 7.11 Å². The number of carbonyl (C=O) groups excluding carboxylic acids is 1. The fraction of sp³-hybridized carbons (Fsp3) is 0.500. The molecule has 5 heteroatoms. The second-order valence-corrected chi connectivity index (χ2v) is 7.38. The van der Waals surface area contributed by atoms with E-state index in [1.165, 1.54) is 25.7 Å². The Morgan fingerprint density at radius 1 is 1.32 bits per heavy atom. The third kappa shape index (κ3) is 3.03. The first-order valence-electron chi connectivity index (χ1n) is 9.06. The monoisotopic (exact) mass is 340 g/mol. The van der Waals surface area contributed by atoms with E-state index in [-0.39, 0.29) is 11.9 Å². The minimum absolute atomic E-state index is 0.167. The summed E-state index contributed by atoms with van der Waals surface area (Å²) in [7, 11) is 1.61. The first kappa shape index (κ1) is 16.2. The van der Waals surface area contributed by atoms with E-state index in [9.17, 15) is 4.79 Å². The van der Waals surface area contributed by atoms with Crippen LogP contribution in [-0.4, -0.2) is 24.2 Å². The summed E-state index contributed by atoms with van der Waals surface area (Å²) in [6.07, 6.45) is 5.27. The summed E-state index contributed by atoms with van der Waals surface area (Å²) < 4.78 is 10.7. The molecule has 4 atom stereocenters. The number of ether oxygens (including phenoxy) is 1. The first-order chi connectivity index (χ1) is 12.2. The maximum absolute atomic E-state index is 12.6. The van der Waals surface area contributed by atoms with Crippen LogP contribution >= 0.6 is 0 Å². The minimum atomic E-state index is -0.167. The molecule has 5 nitrogen and oxygen atoms in total. The van der Waals surface area contributed by atoms with Gasteiger partial charge in [0.05, 0.1) is 12.7 Å². The Bertz CT molecular complexity index is 770. The number of para-hydroxylation sites is 1. The van der Waals surface area contributed by atoms with E-state index >= 15 is 0 Å². The van der Waals surface area contributed by atoms with Gasteiger partial charge in [-0.1, -0.05) is 23.7 Å². The molecule has 0 spiro atoms. The number of aromatic nitrogens is 1. The van der Waals surface area contributed by atoms with E-state index in [1.54, 1.807) is 13.2 Å². The van der Waals surface area contributed by atoms with Crippen LogP contribution in [0, 0.1) is 17.8 Å². The second kappa shape index (κ2) is 6.54. The Balaban J connectivity index is 1.45. The summed E-state index contributed by atoms with van der Waals surface area (Å²) in [6.45, 7) is 2.12. The normalized spacial score (nSPS) is 25.8. The topological polar surface area (TPSA) is 64.4 Å². The van der Waals surface area contributed by atoms with Gasteiger partial charge in [0.25, 0.3) is 5.91 Å². The summed E-state index contributed by atoms with van der Waals surface area (Å²) in [6, 6.07) is 9.39. The van der Waals surface area contributed by atoms with Crippen molar-refractivity contribution in [2.24, 2.45) is 17.8 Å². The van der Waals surface area contributed by atoms with Crippen molar-refractivity contribution in [1.82, 2.24) is 10.5 Å². The average molecular weight is 340 g/mol. The molecule has 4 rings (SSSR count). The number of nitrogens with zero attached hydrogens (tertiary/aromatic N) is 1. The summed E-state index contributed by atoms with van der Waals surface area (Å²) in [5.41, 5.74) is 1.11. The number of rotatable bonds is 5. The van der Waals surface area contributed by atoms with Crippen LogP contribution in [0.2, 0.25) is 0 Å². The summed E-state index contributed by atoms with van der Waals surface area (Å²) in [5.74, 6) is 3.32. The lowest BCUT2D eigenvalue weighted by Gasteiger charge is -2.28. The predicted octanol–water partition coefficient (Wildman–Crippen LogP) is 3.90. The summed E-state index contributed by atoms with van der Waals surface area (Å²) >= 11 is 0. The van der Waals surface area contributed by atoms with Crippen LogP contribution < -0.4 is 10.1 Å². The lowest BCUT2D eigenvalue weighted by atomic mass is 9.84. The van der Waals surface area contributed by atoms with Gasteiger partial charge in [0.2, 0.25) is 0 Å². The van der Waals surface area contributed by atoms with Gasteiger partial charge in [-0.15, -0.1) is 0 Å². The molecule has 0 unspecified atom stereocenters. The maximum Gasteiger partial charge on any atom is 0.273 e. The van der Waals surface area contributed by atoms with Gasteiger partial charge in [0.15, 0.2) is 11.5 Å². The van der Waals surface area contributed by atoms with Crippen molar-refractivity contribution < 1.29 is 14.1 Å². The Kier molecular flexibility index (Phi) is 4.24. The molecule has 2 fully saturated rings. The van der Waals surface area contributed by atoms with E-state index in [4.69, 9.17) is 9.26 Å². The Hall–Kier alpha value is -2.30. The first-order valence-corrected chi connectivity index (χ1v) is 9.06. The molecule has 1 N–H and O–H groups in total. The molecule has 2 aliphatic carbocycles. The van der Waals surface area contributed by atoms with Crippen LogP contribution in [-0.2, 0) is 0 Å². The smallest absolute Gasteiger partial charge is 0.273 e. The number of fused-ring (bicyclic) bond motifs is 2. The van der Waals surface area contributed by atoms with Crippen molar-refractivity contribution >= 4 is 5.91 Å². The van der Waals surface area contributed by atoms with Crippen LogP contribution in [0.15, 0.2) is 34.9 Å². The fourth-order valence-corrected chi connectivity index (χ4v) is 4.65. The zero-order valence-electron chi connectivity index (χ0n) is 14.7. The molecule has 1 amide bonds. The van der Waals surface area contributed by atoms with Gasteiger partial charge in [-0.25, -0.2) is 0 Å². The summed E-state index contributed by atoms with van der Waals surface area (Å²) in [5, 5.41) is 7.08. The van der Waals surface area contributed by atoms with Crippen LogP contribution in [0.4, 0.5) is 0 Å². The quantitative estimate of drug-likeness (QED) is 0.896. The SMILES string of the molecule is COc1ccccc1-c1cc(C(=O)N[C@H](C)[C@@H]2C[C@H]3CC[C@H]2C3)no1. The number of benzene rings is 1. The molecule has 2 saturated carbocycles. The van der Waals surface area contributed by atoms with Crippen LogP contribution in [0.3, 0.4) is 0 Å². The highest BCUT2D eigenvalue weighted by molar-refractivity contribution is 5.93. The molecular weight excluding hydrogens is 316 g/mol. The van der Waals surface area contributed by atoms with Gasteiger partial charge >= 0.3 is 0 Å². The van der Waals surface area contributed by atoms with Crippen molar-refractivity contribution in [3.63, 3.8) is 0 Å². The van der Waals surface area contributed by atoms with Crippen molar-refractivity contribution in [3.8, 4) is 17.1 Å². The van der Waals surface area contributed by atoms with Crippen LogP contribution in [0.25, 0.3) is 11.3 Å². The highest BCUT2D eigenvalue weighted by atomic mass is 16.5. The van der Waals surface area contributed by atoms with Gasteiger partial charge < -0.3 is 14.6 Å². The van der Waals surface area contributed by atoms with Gasteiger partial charge in [-0.3, -0.25) is 4.79 Å². The molecule has 2 aromatic rings. The molecule has 2 bridgehead atoms. The largest absolute Gasteiger partial charge is 0.496 e. The zero-order chi connectivity index (χ0) is 17.4. The van der Waals surface area contributed by atoms with Crippen molar-refractivity contribution in [3.05, 3.63) is 36.0 Å². The summed E-state index contributed by atoms with van der Waals surface area (Å²) in [4.78, 5) is 12.6. The standard InChI is InChI=1S/C20H24N2O3/c1-12(16-10-13-7-8-14(16)9-13)21-20(23)17-11-19(25-22-17)15-5-3-4-6-18(15)24-2/h3-6,11-14,16H,7-10H2,1-2H3,(H,21,23)/t12-,13+,14+,16+/m1/s1. The molecule has 132 valence electrons. The van der Waals surface area contributed by atoms with E-state index in [1.807, 2.05) is 24.3 Å². The molecule has 1 heterocycles. The maximum atomic E-state index is 12.6. The van der Waals surface area contributed by atoms with Gasteiger partial charge in [0.1, 0.15) is 5.75 Å². The van der Waals surface area contributed by atoms with Gasteiger partial charge in [0, 0.05) is 12.1 Å². The third-order valence-corrected chi connectivity index (χ3v) is 5.91. The zero-order valence-corrected chi connectivity index (χ0v) is 14.7. The molecule has 0 radical (unpaired) electrons. The van der Waals surface area contributed by atoms with Crippen molar-refractivity contribution in [2.45, 2.75) is 38.6 Å². The number of carbonyl (C=O) groups is 1. The number of hydrogen-bond acceptors (Lipinski definition) is 4. The average Bonchev–Trinajstić information content (AvgIpc) is 3.37. The van der Waals surface area contributed by atoms with Crippen LogP contribution in [0.5, 0.6) is 5.75 Å². The van der Waals surface area contributed by atoms with E-state index in [2.05, 4.69) is 17.4 Å². The Morgan fingerprint density at radius 2 is 2.16 bits per heavy atom. The highest BCUT2D eigenvalue weighted by Gasteiger charge is 2.42. The number of hydrogen-bond donors (Lipinski definition) is 1. The van der Waals surface area contributed by atoms with Crippen LogP contribution in [0.1, 0.15) is 43.1 Å². The van der Waals surface area contributed by atoms with Gasteiger partial charge in [-0.2, -0.15) is 0 Å². The number of amides is 1. The lowest BCUT2D eigenvalue weighted by molar-refractivity contribution is 0.0906. The predicted molar refractivity (Wildman–Crippen MR) is 94.4 cm³/mol. The molecule has 0 saturated heterocycles. The molecule has 2 aliphatic rings. The Labute approximate surface area is 147 Å².